The number of hydrogen-bond acceptors (Lipinski definition) is 2. The van der Waals surface area contributed by atoms with E-state index < -0.39 is 0 Å². The molecule has 1 fully saturated rings. The molecule has 0 heterocycles. The van der Waals surface area contributed by atoms with Gasteiger partial charge in [0.2, 0.25) is 0 Å². The van der Waals surface area contributed by atoms with Crippen LogP contribution in [0.2, 0.25) is 0 Å². The third-order valence-corrected chi connectivity index (χ3v) is 4.89. The fourth-order valence-electron chi connectivity index (χ4n) is 3.20. The molecule has 1 N–H and O–H groups in total. The summed E-state index contributed by atoms with van der Waals surface area (Å²) in [5, 5.41) is 2.96. The topological polar surface area (TPSA) is 49.4 Å². The highest BCUT2D eigenvalue weighted by atomic mass is 16.2. The van der Waals surface area contributed by atoms with Crippen molar-refractivity contribution in [2.24, 2.45) is 0 Å². The number of hydrogen-bond donors (Lipinski definition) is 1. The monoisotopic (exact) mass is 364 g/mol. The van der Waals surface area contributed by atoms with Crippen molar-refractivity contribution < 1.29 is 9.59 Å². The summed E-state index contributed by atoms with van der Waals surface area (Å²) in [6.45, 7) is 7.09. The van der Waals surface area contributed by atoms with Crippen LogP contribution in [0, 0.1) is 0 Å². The second-order valence-corrected chi connectivity index (χ2v) is 8.39. The maximum Gasteiger partial charge on any atom is 0.253 e. The van der Waals surface area contributed by atoms with Gasteiger partial charge in [-0.05, 0) is 53.6 Å². The van der Waals surface area contributed by atoms with Gasteiger partial charge in [-0.25, -0.2) is 0 Å². The van der Waals surface area contributed by atoms with Gasteiger partial charge in [0.15, 0.2) is 0 Å². The van der Waals surface area contributed by atoms with Gasteiger partial charge in [0, 0.05) is 30.8 Å². The van der Waals surface area contributed by atoms with E-state index in [0.717, 1.165) is 18.4 Å². The first-order valence-corrected chi connectivity index (χ1v) is 9.50. The van der Waals surface area contributed by atoms with Crippen molar-refractivity contribution in [2.45, 2.75) is 51.6 Å². The summed E-state index contributed by atoms with van der Waals surface area (Å²) in [5.41, 5.74) is 3.61. The van der Waals surface area contributed by atoms with Crippen molar-refractivity contribution in [1.29, 1.82) is 0 Å². The summed E-state index contributed by atoms with van der Waals surface area (Å²) < 4.78 is 0. The highest BCUT2D eigenvalue weighted by Gasteiger charge is 2.24. The van der Waals surface area contributed by atoms with Crippen molar-refractivity contribution in [3.05, 3.63) is 70.8 Å². The summed E-state index contributed by atoms with van der Waals surface area (Å²) in [5.74, 6) is -0.114. The maximum atomic E-state index is 12.8. The first-order valence-electron chi connectivity index (χ1n) is 9.50. The average molecular weight is 364 g/mol. The molecule has 142 valence electrons. The van der Waals surface area contributed by atoms with Crippen molar-refractivity contribution in [1.82, 2.24) is 10.2 Å². The summed E-state index contributed by atoms with van der Waals surface area (Å²) in [6.07, 6.45) is 2.12. The van der Waals surface area contributed by atoms with Crippen LogP contribution in [0.1, 0.15) is 65.5 Å². The molecule has 1 saturated carbocycles. The average Bonchev–Trinajstić information content (AvgIpc) is 3.44. The fraction of sp³-hybridized carbons (Fsp3) is 0.391. The minimum Gasteiger partial charge on any atom is -0.349 e. The second-order valence-electron chi connectivity index (χ2n) is 8.39. The zero-order valence-electron chi connectivity index (χ0n) is 16.6. The molecular formula is C23H28N2O2. The van der Waals surface area contributed by atoms with Crippen molar-refractivity contribution in [3.63, 3.8) is 0 Å². The van der Waals surface area contributed by atoms with E-state index in [9.17, 15) is 9.59 Å². The molecule has 0 radical (unpaired) electrons. The molecule has 4 heteroatoms. The van der Waals surface area contributed by atoms with Crippen molar-refractivity contribution in [2.75, 3.05) is 7.05 Å². The zero-order valence-corrected chi connectivity index (χ0v) is 16.6. The van der Waals surface area contributed by atoms with Crippen LogP contribution in [0.3, 0.4) is 0 Å². The first kappa shape index (κ1) is 19.2. The van der Waals surface area contributed by atoms with Crippen molar-refractivity contribution in [3.8, 4) is 0 Å². The van der Waals surface area contributed by atoms with Crippen molar-refractivity contribution >= 4 is 11.8 Å². The number of carbonyl (C=O) groups is 2. The van der Waals surface area contributed by atoms with Gasteiger partial charge in [-0.1, -0.05) is 45.0 Å². The number of amides is 2. The Hall–Kier alpha value is -2.62. The quantitative estimate of drug-likeness (QED) is 0.866. The first-order chi connectivity index (χ1) is 12.8. The Morgan fingerprint density at radius 3 is 2.19 bits per heavy atom. The predicted molar refractivity (Wildman–Crippen MR) is 108 cm³/mol. The number of rotatable bonds is 5. The van der Waals surface area contributed by atoms with Crippen LogP contribution >= 0.6 is 0 Å². The predicted octanol–water partition coefficient (Wildman–Crippen LogP) is 4.15. The highest BCUT2D eigenvalue weighted by Crippen LogP contribution is 2.26. The molecule has 0 bridgehead atoms. The summed E-state index contributed by atoms with van der Waals surface area (Å²) in [4.78, 5) is 26.6. The van der Waals surface area contributed by atoms with Crippen LogP contribution in [0.15, 0.2) is 48.5 Å². The molecule has 0 spiro atoms. The van der Waals surface area contributed by atoms with Crippen LogP contribution in [-0.4, -0.2) is 29.8 Å². The van der Waals surface area contributed by atoms with E-state index in [4.69, 9.17) is 0 Å². The Labute approximate surface area is 161 Å². The number of nitrogens with zero attached hydrogens (tertiary/aromatic N) is 1. The lowest BCUT2D eigenvalue weighted by molar-refractivity contribution is 0.0783. The van der Waals surface area contributed by atoms with E-state index in [0.29, 0.717) is 23.7 Å². The third kappa shape index (κ3) is 4.76. The van der Waals surface area contributed by atoms with Gasteiger partial charge < -0.3 is 10.2 Å². The minimum absolute atomic E-state index is 0.0248. The van der Waals surface area contributed by atoms with E-state index >= 15 is 0 Å². The summed E-state index contributed by atoms with van der Waals surface area (Å²) in [7, 11) is 1.81. The molecule has 2 aromatic rings. The van der Waals surface area contributed by atoms with Gasteiger partial charge in [-0.2, -0.15) is 0 Å². The lowest BCUT2D eigenvalue weighted by atomic mass is 9.83. The van der Waals surface area contributed by atoms with Gasteiger partial charge >= 0.3 is 0 Å². The third-order valence-electron chi connectivity index (χ3n) is 4.89. The molecule has 1 aliphatic rings. The lowest BCUT2D eigenvalue weighted by Gasteiger charge is -2.26. The zero-order chi connectivity index (χ0) is 19.6. The molecule has 1 aliphatic carbocycles. The van der Waals surface area contributed by atoms with Crippen LogP contribution in [0.4, 0.5) is 0 Å². The number of carbonyl (C=O) groups excluding carboxylic acids is 2. The molecule has 0 aliphatic heterocycles. The summed E-state index contributed by atoms with van der Waals surface area (Å²) in [6, 6.07) is 15.5. The van der Waals surface area contributed by atoms with Crippen LogP contribution < -0.4 is 5.32 Å². The molecule has 27 heavy (non-hydrogen) atoms. The molecule has 3 rings (SSSR count). The van der Waals surface area contributed by atoms with Gasteiger partial charge in [0.25, 0.3) is 11.8 Å². The molecule has 0 saturated heterocycles. The van der Waals surface area contributed by atoms with E-state index in [1.54, 1.807) is 29.2 Å². The summed E-state index contributed by atoms with van der Waals surface area (Å²) >= 11 is 0. The number of benzene rings is 2. The Morgan fingerprint density at radius 1 is 1.00 bits per heavy atom. The lowest BCUT2D eigenvalue weighted by Crippen LogP contribution is -2.28. The standard InChI is InChI=1S/C23H28N2O2/c1-23(2,3)20-8-6-5-7-18(20)15-25(4)22(27)17-11-9-16(10-12-17)21(26)24-19-13-14-19/h5-12,19H,13-15H2,1-4H3,(H,24,26). The second kappa shape index (κ2) is 7.55. The Bertz CT molecular complexity index is 830. The fourth-order valence-corrected chi connectivity index (χ4v) is 3.20. The molecule has 2 amide bonds. The molecule has 0 unspecified atom stereocenters. The maximum absolute atomic E-state index is 12.8. The van der Waals surface area contributed by atoms with Gasteiger partial charge in [0.05, 0.1) is 0 Å². The van der Waals surface area contributed by atoms with Crippen LogP contribution in [0.25, 0.3) is 0 Å². The SMILES string of the molecule is CN(Cc1ccccc1C(C)(C)C)C(=O)c1ccc(C(=O)NC2CC2)cc1. The highest BCUT2D eigenvalue weighted by molar-refractivity contribution is 5.97. The Balaban J connectivity index is 1.69. The normalized spacial score (nSPS) is 13.9. The Morgan fingerprint density at radius 2 is 1.59 bits per heavy atom. The van der Waals surface area contributed by atoms with E-state index in [2.05, 4.69) is 38.2 Å². The molecule has 4 nitrogen and oxygen atoms in total. The molecule has 0 atom stereocenters. The molecule has 2 aromatic carbocycles. The minimum atomic E-state index is -0.0658. The van der Waals surface area contributed by atoms with Gasteiger partial charge in [0.1, 0.15) is 0 Å². The van der Waals surface area contributed by atoms with E-state index in [1.807, 2.05) is 19.2 Å². The van der Waals surface area contributed by atoms with E-state index in [-0.39, 0.29) is 17.2 Å². The molecule has 0 aromatic heterocycles. The number of nitrogens with one attached hydrogen (secondary N) is 1. The van der Waals surface area contributed by atoms with Crippen LogP contribution in [0.5, 0.6) is 0 Å². The largest absolute Gasteiger partial charge is 0.349 e. The van der Waals surface area contributed by atoms with Gasteiger partial charge in [-0.3, -0.25) is 9.59 Å². The smallest absolute Gasteiger partial charge is 0.253 e. The van der Waals surface area contributed by atoms with E-state index in [1.165, 1.54) is 5.56 Å². The van der Waals surface area contributed by atoms with Crippen LogP contribution in [-0.2, 0) is 12.0 Å². The Kier molecular flexibility index (Phi) is 5.36. The van der Waals surface area contributed by atoms with Gasteiger partial charge in [-0.15, -0.1) is 0 Å². The molecular weight excluding hydrogens is 336 g/mol.